The molecule has 0 fully saturated rings. The molecule has 0 aromatic heterocycles. The standard InChI is InChI=1S/C21H20.3CH4O/c1-17-10-12-19(13-11-17)15-21-9-5-8-20(16-21)14-18-6-3-2-4-7-18;3*1-2/h2-13,16H,14-15H2,1H3;3*2H,1H3. The largest absolute Gasteiger partial charge is 0.400 e. The summed E-state index contributed by atoms with van der Waals surface area (Å²) in [5, 5.41) is 21.0. The van der Waals surface area contributed by atoms with Gasteiger partial charge in [0.25, 0.3) is 0 Å². The SMILES string of the molecule is CO.CO.CO.Cc1ccc(Cc2cccc(Cc3ccccc3)c2)cc1. The first kappa shape index (κ1) is 24.5. The molecule has 0 aliphatic carbocycles. The third-order valence-electron chi connectivity index (χ3n) is 3.77. The van der Waals surface area contributed by atoms with Gasteiger partial charge in [0.15, 0.2) is 0 Å². The van der Waals surface area contributed by atoms with Crippen LogP contribution >= 0.6 is 0 Å². The Morgan fingerprint density at radius 3 is 1.37 bits per heavy atom. The lowest BCUT2D eigenvalue weighted by molar-refractivity contribution is 0.399. The number of rotatable bonds is 4. The predicted octanol–water partition coefficient (Wildman–Crippen LogP) is 4.00. The van der Waals surface area contributed by atoms with Crippen molar-refractivity contribution in [3.8, 4) is 0 Å². The van der Waals surface area contributed by atoms with Gasteiger partial charge in [-0.3, -0.25) is 0 Å². The molecule has 146 valence electrons. The Bertz CT molecular complexity index is 707. The minimum Gasteiger partial charge on any atom is -0.400 e. The van der Waals surface area contributed by atoms with Crippen molar-refractivity contribution in [3.05, 3.63) is 107 Å². The molecule has 0 saturated heterocycles. The third-order valence-corrected chi connectivity index (χ3v) is 3.77. The molecule has 3 N–H and O–H groups in total. The lowest BCUT2D eigenvalue weighted by atomic mass is 9.99. The Morgan fingerprint density at radius 2 is 0.889 bits per heavy atom. The Morgan fingerprint density at radius 1 is 0.481 bits per heavy atom. The Hall–Kier alpha value is -2.46. The second kappa shape index (κ2) is 15.8. The van der Waals surface area contributed by atoms with E-state index in [1.54, 1.807) is 0 Å². The van der Waals surface area contributed by atoms with Crippen molar-refractivity contribution in [1.82, 2.24) is 0 Å². The number of aliphatic hydroxyl groups excluding tert-OH is 3. The molecule has 0 bridgehead atoms. The first-order chi connectivity index (χ1) is 13.3. The average molecular weight is 369 g/mol. The van der Waals surface area contributed by atoms with E-state index in [0.717, 1.165) is 34.2 Å². The van der Waals surface area contributed by atoms with Crippen LogP contribution in [0.2, 0.25) is 0 Å². The van der Waals surface area contributed by atoms with Gasteiger partial charge in [0.1, 0.15) is 0 Å². The summed E-state index contributed by atoms with van der Waals surface area (Å²) in [5.74, 6) is 0. The fourth-order valence-electron chi connectivity index (χ4n) is 2.62. The van der Waals surface area contributed by atoms with E-state index in [9.17, 15) is 0 Å². The van der Waals surface area contributed by atoms with Crippen LogP contribution in [0, 0.1) is 6.92 Å². The van der Waals surface area contributed by atoms with Gasteiger partial charge in [0, 0.05) is 21.3 Å². The Balaban J connectivity index is 0.00000103. The minimum atomic E-state index is 1.00. The number of hydrogen-bond acceptors (Lipinski definition) is 3. The summed E-state index contributed by atoms with van der Waals surface area (Å²) in [6, 6.07) is 28.4. The molecule has 27 heavy (non-hydrogen) atoms. The lowest BCUT2D eigenvalue weighted by Gasteiger charge is -2.06. The summed E-state index contributed by atoms with van der Waals surface area (Å²) in [6.45, 7) is 2.13. The molecule has 0 aliphatic heterocycles. The second-order valence-corrected chi connectivity index (χ2v) is 5.64. The molecule has 0 radical (unpaired) electrons. The van der Waals surface area contributed by atoms with Crippen molar-refractivity contribution >= 4 is 0 Å². The highest BCUT2D eigenvalue weighted by atomic mass is 16.2. The zero-order valence-electron chi connectivity index (χ0n) is 16.8. The van der Waals surface area contributed by atoms with E-state index in [0.29, 0.717) is 0 Å². The van der Waals surface area contributed by atoms with Gasteiger partial charge in [-0.25, -0.2) is 0 Å². The van der Waals surface area contributed by atoms with Gasteiger partial charge in [0.05, 0.1) is 0 Å². The van der Waals surface area contributed by atoms with Crippen molar-refractivity contribution in [1.29, 1.82) is 0 Å². The number of benzene rings is 3. The van der Waals surface area contributed by atoms with E-state index in [1.807, 2.05) is 0 Å². The maximum absolute atomic E-state index is 7.00. The fourth-order valence-corrected chi connectivity index (χ4v) is 2.62. The molecule has 0 saturated carbocycles. The fraction of sp³-hybridized carbons (Fsp3) is 0.250. The van der Waals surface area contributed by atoms with Crippen molar-refractivity contribution < 1.29 is 15.3 Å². The van der Waals surface area contributed by atoms with Crippen LogP contribution in [-0.2, 0) is 12.8 Å². The maximum atomic E-state index is 7.00. The summed E-state index contributed by atoms with van der Waals surface area (Å²) in [7, 11) is 3.00. The van der Waals surface area contributed by atoms with Gasteiger partial charge < -0.3 is 15.3 Å². The molecule has 0 heterocycles. The summed E-state index contributed by atoms with van der Waals surface area (Å²) in [5.41, 5.74) is 6.82. The van der Waals surface area contributed by atoms with Crippen LogP contribution in [0.25, 0.3) is 0 Å². The lowest BCUT2D eigenvalue weighted by Crippen LogP contribution is -1.92. The first-order valence-corrected chi connectivity index (χ1v) is 8.81. The van der Waals surface area contributed by atoms with E-state index in [2.05, 4.69) is 85.8 Å². The van der Waals surface area contributed by atoms with Gasteiger partial charge in [-0.05, 0) is 42.0 Å². The van der Waals surface area contributed by atoms with Gasteiger partial charge in [-0.1, -0.05) is 84.4 Å². The smallest absolute Gasteiger partial charge is 0.0319 e. The van der Waals surface area contributed by atoms with Crippen LogP contribution in [-0.4, -0.2) is 36.6 Å². The highest BCUT2D eigenvalue weighted by Crippen LogP contribution is 2.15. The van der Waals surface area contributed by atoms with Crippen LogP contribution in [0.15, 0.2) is 78.9 Å². The van der Waals surface area contributed by atoms with E-state index in [4.69, 9.17) is 15.3 Å². The van der Waals surface area contributed by atoms with E-state index < -0.39 is 0 Å². The van der Waals surface area contributed by atoms with Crippen LogP contribution in [0.4, 0.5) is 0 Å². The Kier molecular flexibility index (Phi) is 14.3. The topological polar surface area (TPSA) is 60.7 Å². The third kappa shape index (κ3) is 9.71. The molecule has 3 heteroatoms. The quantitative estimate of drug-likeness (QED) is 0.652. The summed E-state index contributed by atoms with van der Waals surface area (Å²) < 4.78 is 0. The van der Waals surface area contributed by atoms with Crippen molar-refractivity contribution in [2.45, 2.75) is 19.8 Å². The van der Waals surface area contributed by atoms with Gasteiger partial charge in [-0.15, -0.1) is 0 Å². The maximum Gasteiger partial charge on any atom is 0.0319 e. The summed E-state index contributed by atoms with van der Waals surface area (Å²) >= 11 is 0. The molecule has 3 nitrogen and oxygen atoms in total. The summed E-state index contributed by atoms with van der Waals surface area (Å²) in [6.07, 6.45) is 2.01. The molecule has 3 rings (SSSR count). The zero-order chi connectivity index (χ0) is 20.5. The average Bonchev–Trinajstić information content (AvgIpc) is 2.75. The normalized spacial score (nSPS) is 8.85. The van der Waals surface area contributed by atoms with Crippen LogP contribution in [0.1, 0.15) is 27.8 Å². The number of hydrogen-bond donors (Lipinski definition) is 3. The molecule has 0 atom stereocenters. The molecule has 0 amide bonds. The van der Waals surface area contributed by atoms with Crippen LogP contribution in [0.5, 0.6) is 0 Å². The van der Waals surface area contributed by atoms with E-state index in [-0.39, 0.29) is 0 Å². The van der Waals surface area contributed by atoms with E-state index in [1.165, 1.54) is 27.8 Å². The van der Waals surface area contributed by atoms with Gasteiger partial charge >= 0.3 is 0 Å². The van der Waals surface area contributed by atoms with Gasteiger partial charge in [0.2, 0.25) is 0 Å². The van der Waals surface area contributed by atoms with Crippen molar-refractivity contribution in [2.75, 3.05) is 21.3 Å². The number of aryl methyl sites for hydroxylation is 1. The monoisotopic (exact) mass is 368 g/mol. The minimum absolute atomic E-state index is 1.00. The molecule has 3 aromatic carbocycles. The van der Waals surface area contributed by atoms with Crippen molar-refractivity contribution in [2.24, 2.45) is 0 Å². The summed E-state index contributed by atoms with van der Waals surface area (Å²) in [4.78, 5) is 0. The molecular formula is C24H32O3. The first-order valence-electron chi connectivity index (χ1n) is 8.81. The molecule has 0 aliphatic rings. The number of aliphatic hydroxyl groups is 3. The zero-order valence-corrected chi connectivity index (χ0v) is 16.8. The molecular weight excluding hydrogens is 336 g/mol. The van der Waals surface area contributed by atoms with Crippen LogP contribution < -0.4 is 0 Å². The molecule has 0 unspecified atom stereocenters. The molecule has 0 spiro atoms. The van der Waals surface area contributed by atoms with E-state index >= 15 is 0 Å². The van der Waals surface area contributed by atoms with Crippen LogP contribution in [0.3, 0.4) is 0 Å². The highest BCUT2D eigenvalue weighted by Gasteiger charge is 2.00. The second-order valence-electron chi connectivity index (χ2n) is 5.64. The van der Waals surface area contributed by atoms with Crippen molar-refractivity contribution in [3.63, 3.8) is 0 Å². The van der Waals surface area contributed by atoms with Gasteiger partial charge in [-0.2, -0.15) is 0 Å². The Labute approximate surface area is 163 Å². The highest BCUT2D eigenvalue weighted by molar-refractivity contribution is 5.33. The predicted molar refractivity (Wildman–Crippen MR) is 114 cm³/mol. The molecule has 3 aromatic rings.